The van der Waals surface area contributed by atoms with Crippen molar-refractivity contribution in [2.45, 2.75) is 5.92 Å². The number of rotatable bonds is 0. The average molecular weight is 374 g/mol. The van der Waals surface area contributed by atoms with Crippen molar-refractivity contribution in [3.63, 3.8) is 0 Å². The molecule has 132 valence electrons. The van der Waals surface area contributed by atoms with E-state index in [1.807, 2.05) is 0 Å². The van der Waals surface area contributed by atoms with Gasteiger partial charge in [0, 0.05) is 0 Å². The molecule has 1 nitrogen and oxygen atoms in total. The normalized spacial score (nSPS) is 15.2. The van der Waals surface area contributed by atoms with Crippen molar-refractivity contribution in [3.05, 3.63) is 68.8 Å². The number of hydrogen-bond donors (Lipinski definition) is 0. The van der Waals surface area contributed by atoms with Crippen LogP contribution in [-0.4, -0.2) is 5.78 Å². The van der Waals surface area contributed by atoms with Crippen molar-refractivity contribution in [3.8, 4) is 0 Å². The van der Waals surface area contributed by atoms with Crippen LogP contribution in [0.25, 0.3) is 0 Å². The Balaban J connectivity index is 2.59. The van der Waals surface area contributed by atoms with E-state index < -0.39 is 80.5 Å². The van der Waals surface area contributed by atoms with Crippen LogP contribution in [0.2, 0.25) is 0 Å². The fraction of sp³-hybridized carbons (Fsp3) is 0.0714. The second-order valence-corrected chi connectivity index (χ2v) is 4.92. The van der Waals surface area contributed by atoms with Crippen molar-refractivity contribution in [1.29, 1.82) is 0 Å². The van der Waals surface area contributed by atoms with Gasteiger partial charge in [-0.3, -0.25) is 4.79 Å². The first kappa shape index (κ1) is 17.2. The lowest BCUT2D eigenvalue weighted by atomic mass is 9.80. The van der Waals surface area contributed by atoms with E-state index in [9.17, 15) is 48.7 Å². The predicted molar refractivity (Wildman–Crippen MR) is 59.0 cm³/mol. The molecule has 3 rings (SSSR count). The lowest BCUT2D eigenvalue weighted by Gasteiger charge is -2.28. The summed E-state index contributed by atoms with van der Waals surface area (Å²) in [5, 5.41) is 0. The fourth-order valence-electron chi connectivity index (χ4n) is 2.53. The molecule has 2 aromatic rings. The van der Waals surface area contributed by atoms with Crippen LogP contribution in [0.3, 0.4) is 0 Å². The van der Waals surface area contributed by atoms with E-state index in [1.165, 1.54) is 0 Å². The number of carbonyl (C=O) groups is 1. The first-order valence-electron chi connectivity index (χ1n) is 6.09. The maximum Gasteiger partial charge on any atom is 0.305 e. The van der Waals surface area contributed by atoms with Gasteiger partial charge in [-0.25, -0.2) is 35.1 Å². The van der Waals surface area contributed by atoms with Gasteiger partial charge in [-0.15, -0.1) is 0 Å². The molecule has 1 aliphatic carbocycles. The molecule has 0 radical (unpaired) electrons. The van der Waals surface area contributed by atoms with Crippen LogP contribution in [0.15, 0.2) is 0 Å². The van der Waals surface area contributed by atoms with Gasteiger partial charge < -0.3 is 0 Å². The molecule has 0 fully saturated rings. The molecule has 0 N–H and O–H groups in total. The molecule has 11 heteroatoms. The highest BCUT2D eigenvalue weighted by Gasteiger charge is 2.54. The van der Waals surface area contributed by atoms with Crippen LogP contribution in [0.1, 0.15) is 27.0 Å². The number of alkyl halides is 2. The highest BCUT2D eigenvalue weighted by molar-refractivity contribution is 6.13. The van der Waals surface area contributed by atoms with E-state index in [2.05, 4.69) is 0 Å². The van der Waals surface area contributed by atoms with Crippen molar-refractivity contribution in [2.75, 3.05) is 0 Å². The van der Waals surface area contributed by atoms with Gasteiger partial charge in [0.05, 0.1) is 22.3 Å². The van der Waals surface area contributed by atoms with Gasteiger partial charge in [0.25, 0.3) is 0 Å². The SMILES string of the molecule is O=C1c2c(F)c(F)c(F)c(F)c2C(F)(F)c2c(F)c(F)c(F)c(F)c21. The van der Waals surface area contributed by atoms with Crippen molar-refractivity contribution >= 4 is 5.78 Å². The topological polar surface area (TPSA) is 17.1 Å². The first-order valence-corrected chi connectivity index (χ1v) is 6.09. The van der Waals surface area contributed by atoms with Crippen LogP contribution in [-0.2, 0) is 5.92 Å². The number of carbonyl (C=O) groups excluding carboxylic acids is 1. The summed E-state index contributed by atoms with van der Waals surface area (Å²) < 4.78 is 136. The molecule has 0 spiro atoms. The van der Waals surface area contributed by atoms with E-state index >= 15 is 0 Å². The van der Waals surface area contributed by atoms with E-state index in [0.717, 1.165) is 0 Å². The Morgan fingerprint density at radius 1 is 0.480 bits per heavy atom. The maximum atomic E-state index is 14.3. The average Bonchev–Trinajstić information content (AvgIpc) is 2.55. The molecule has 25 heavy (non-hydrogen) atoms. The van der Waals surface area contributed by atoms with E-state index in [-0.39, 0.29) is 0 Å². The molecule has 0 heterocycles. The van der Waals surface area contributed by atoms with Crippen LogP contribution >= 0.6 is 0 Å². The summed E-state index contributed by atoms with van der Waals surface area (Å²) in [4.78, 5) is 11.9. The molecule has 0 unspecified atom stereocenters. The minimum Gasteiger partial charge on any atom is -0.288 e. The first-order chi connectivity index (χ1) is 11.4. The monoisotopic (exact) mass is 374 g/mol. The zero-order valence-electron chi connectivity index (χ0n) is 11.2. The Morgan fingerprint density at radius 2 is 0.760 bits per heavy atom. The minimum absolute atomic E-state index is 2.15. The van der Waals surface area contributed by atoms with Gasteiger partial charge in [-0.05, 0) is 0 Å². The second kappa shape index (κ2) is 4.96. The van der Waals surface area contributed by atoms with Crippen molar-refractivity contribution in [1.82, 2.24) is 0 Å². The largest absolute Gasteiger partial charge is 0.305 e. The predicted octanol–water partition coefficient (Wildman–Crippen LogP) is 4.48. The Morgan fingerprint density at radius 3 is 1.08 bits per heavy atom. The Bertz CT molecular complexity index is 904. The number of hydrogen-bond acceptors (Lipinski definition) is 1. The molecule has 0 aliphatic heterocycles. The number of ketones is 1. The van der Waals surface area contributed by atoms with Gasteiger partial charge in [0.15, 0.2) is 52.3 Å². The van der Waals surface area contributed by atoms with Gasteiger partial charge in [-0.1, -0.05) is 0 Å². The molecular weight excluding hydrogens is 374 g/mol. The van der Waals surface area contributed by atoms with Crippen LogP contribution < -0.4 is 0 Å². The van der Waals surface area contributed by atoms with Crippen molar-refractivity contribution < 1.29 is 48.7 Å². The summed E-state index contributed by atoms with van der Waals surface area (Å²) in [5.74, 6) is -29.1. The quantitative estimate of drug-likeness (QED) is 0.378. The number of benzene rings is 2. The van der Waals surface area contributed by atoms with E-state index in [4.69, 9.17) is 0 Å². The molecule has 0 saturated carbocycles. The van der Waals surface area contributed by atoms with Gasteiger partial charge in [0.2, 0.25) is 0 Å². The highest BCUT2D eigenvalue weighted by atomic mass is 19.3. The summed E-state index contributed by atoms with van der Waals surface area (Å²) >= 11 is 0. The zero-order valence-corrected chi connectivity index (χ0v) is 11.2. The van der Waals surface area contributed by atoms with E-state index in [1.54, 1.807) is 0 Å². The summed E-state index contributed by atoms with van der Waals surface area (Å²) in [6.45, 7) is 0. The summed E-state index contributed by atoms with van der Waals surface area (Å²) in [7, 11) is 0. The fourth-order valence-corrected chi connectivity index (χ4v) is 2.53. The molecule has 2 aromatic carbocycles. The lowest BCUT2D eigenvalue weighted by molar-refractivity contribution is 0.0265. The molecule has 0 aromatic heterocycles. The minimum atomic E-state index is -5.21. The van der Waals surface area contributed by atoms with Gasteiger partial charge >= 0.3 is 5.92 Å². The molecule has 0 amide bonds. The van der Waals surface area contributed by atoms with Crippen LogP contribution in [0.4, 0.5) is 43.9 Å². The third kappa shape index (κ3) is 1.89. The van der Waals surface area contributed by atoms with Crippen LogP contribution in [0.5, 0.6) is 0 Å². The number of halogens is 10. The third-order valence-electron chi connectivity index (χ3n) is 3.62. The molecule has 0 atom stereocenters. The van der Waals surface area contributed by atoms with Crippen LogP contribution in [0, 0.1) is 46.5 Å². The summed E-state index contributed by atoms with van der Waals surface area (Å²) in [5.41, 5.74) is -9.21. The smallest absolute Gasteiger partial charge is 0.288 e. The second-order valence-electron chi connectivity index (χ2n) is 4.92. The maximum absolute atomic E-state index is 14.3. The van der Waals surface area contributed by atoms with Crippen molar-refractivity contribution in [2.24, 2.45) is 0 Å². The molecule has 0 saturated heterocycles. The summed E-state index contributed by atoms with van der Waals surface area (Å²) in [6, 6.07) is 0. The Hall–Kier alpha value is -2.59. The Labute approximate surface area is 130 Å². The standard InChI is InChI=1S/C14F10O/c15-5-1-3(7(17)11(21)9(5)19)14(23,24)4-2(13(1)25)6(16)10(20)12(22)8(4)18. The number of fused-ring (bicyclic) bond motifs is 2. The summed E-state index contributed by atoms with van der Waals surface area (Å²) in [6.07, 6.45) is 0. The highest BCUT2D eigenvalue weighted by Crippen LogP contribution is 2.49. The molecule has 1 aliphatic rings. The van der Waals surface area contributed by atoms with Gasteiger partial charge in [0.1, 0.15) is 0 Å². The molecule has 0 bridgehead atoms. The lowest BCUT2D eigenvalue weighted by Crippen LogP contribution is -2.35. The zero-order chi connectivity index (χ0) is 19.0. The van der Waals surface area contributed by atoms with E-state index in [0.29, 0.717) is 0 Å². The van der Waals surface area contributed by atoms with Gasteiger partial charge in [-0.2, -0.15) is 8.78 Å². The third-order valence-corrected chi connectivity index (χ3v) is 3.62. The Kier molecular flexibility index (Phi) is 3.42. The molecular formula is C14F10O.